The summed E-state index contributed by atoms with van der Waals surface area (Å²) in [5.41, 5.74) is 0. The molecular formula is C9H14O4. The van der Waals surface area contributed by atoms with Gasteiger partial charge in [0.05, 0.1) is 6.10 Å². The molecule has 2 atom stereocenters. The Labute approximate surface area is 77.4 Å². The molecule has 74 valence electrons. The van der Waals surface area contributed by atoms with Crippen molar-refractivity contribution < 1.29 is 19.3 Å². The second kappa shape index (κ2) is 4.99. The summed E-state index contributed by atoms with van der Waals surface area (Å²) in [5, 5.41) is 0. The third-order valence-electron chi connectivity index (χ3n) is 1.76. The topological polar surface area (TPSA) is 44.8 Å². The van der Waals surface area contributed by atoms with Crippen LogP contribution in [0.2, 0.25) is 0 Å². The van der Waals surface area contributed by atoms with Gasteiger partial charge in [0.1, 0.15) is 12.7 Å². The van der Waals surface area contributed by atoms with Crippen molar-refractivity contribution in [1.82, 2.24) is 0 Å². The first kappa shape index (κ1) is 10.2. The number of esters is 1. The van der Waals surface area contributed by atoms with Gasteiger partial charge in [-0.15, -0.1) is 6.58 Å². The normalized spacial score (nSPS) is 27.2. The SMILES string of the molecule is C=CCC1CC(COC(C)=O)OO1. The molecule has 0 aliphatic carbocycles. The summed E-state index contributed by atoms with van der Waals surface area (Å²) < 4.78 is 4.78. The predicted octanol–water partition coefficient (Wildman–Crippen LogP) is 1.21. The van der Waals surface area contributed by atoms with Gasteiger partial charge >= 0.3 is 5.97 Å². The van der Waals surface area contributed by atoms with Crippen molar-refractivity contribution in [1.29, 1.82) is 0 Å². The van der Waals surface area contributed by atoms with Gasteiger partial charge in [-0.05, 0) is 6.42 Å². The van der Waals surface area contributed by atoms with Crippen LogP contribution in [0.4, 0.5) is 0 Å². The first-order chi connectivity index (χ1) is 6.22. The maximum absolute atomic E-state index is 10.5. The quantitative estimate of drug-likeness (QED) is 0.376. The summed E-state index contributed by atoms with van der Waals surface area (Å²) in [6.45, 7) is 5.24. The van der Waals surface area contributed by atoms with Crippen molar-refractivity contribution in [3.63, 3.8) is 0 Å². The van der Waals surface area contributed by atoms with Crippen LogP contribution in [0.5, 0.6) is 0 Å². The largest absolute Gasteiger partial charge is 0.463 e. The van der Waals surface area contributed by atoms with Gasteiger partial charge in [-0.25, -0.2) is 9.78 Å². The summed E-state index contributed by atoms with van der Waals surface area (Å²) in [7, 11) is 0. The maximum atomic E-state index is 10.5. The second-order valence-corrected chi connectivity index (χ2v) is 3.00. The van der Waals surface area contributed by atoms with Crippen LogP contribution in [0, 0.1) is 0 Å². The van der Waals surface area contributed by atoms with Crippen molar-refractivity contribution in [2.75, 3.05) is 6.61 Å². The van der Waals surface area contributed by atoms with Gasteiger partial charge in [0, 0.05) is 13.3 Å². The molecule has 0 amide bonds. The second-order valence-electron chi connectivity index (χ2n) is 3.00. The third-order valence-corrected chi connectivity index (χ3v) is 1.76. The molecule has 0 aromatic rings. The van der Waals surface area contributed by atoms with Gasteiger partial charge in [0.25, 0.3) is 0 Å². The van der Waals surface area contributed by atoms with Crippen molar-refractivity contribution in [2.24, 2.45) is 0 Å². The number of ether oxygens (including phenoxy) is 1. The van der Waals surface area contributed by atoms with Crippen LogP contribution in [-0.2, 0) is 19.3 Å². The average Bonchev–Trinajstić information content (AvgIpc) is 2.50. The van der Waals surface area contributed by atoms with Crippen LogP contribution in [0.1, 0.15) is 19.8 Å². The lowest BCUT2D eigenvalue weighted by molar-refractivity contribution is -0.299. The summed E-state index contributed by atoms with van der Waals surface area (Å²) in [4.78, 5) is 20.4. The Hall–Kier alpha value is -0.870. The Morgan fingerprint density at radius 3 is 2.92 bits per heavy atom. The molecule has 1 aliphatic heterocycles. The van der Waals surface area contributed by atoms with Gasteiger partial charge in [-0.3, -0.25) is 4.79 Å². The average molecular weight is 186 g/mol. The molecule has 0 saturated carbocycles. The highest BCUT2D eigenvalue weighted by Crippen LogP contribution is 2.19. The van der Waals surface area contributed by atoms with Gasteiger partial charge in [0.15, 0.2) is 0 Å². The van der Waals surface area contributed by atoms with Crippen molar-refractivity contribution >= 4 is 5.97 Å². The Morgan fingerprint density at radius 1 is 1.62 bits per heavy atom. The fourth-order valence-corrected chi connectivity index (χ4v) is 1.16. The number of carbonyl (C=O) groups is 1. The van der Waals surface area contributed by atoms with Crippen molar-refractivity contribution in [2.45, 2.75) is 32.0 Å². The molecule has 1 fully saturated rings. The molecule has 0 N–H and O–H groups in total. The van der Waals surface area contributed by atoms with Gasteiger partial charge in [-0.2, -0.15) is 0 Å². The molecule has 13 heavy (non-hydrogen) atoms. The van der Waals surface area contributed by atoms with Crippen LogP contribution in [0.15, 0.2) is 12.7 Å². The van der Waals surface area contributed by atoms with Crippen LogP contribution < -0.4 is 0 Å². The van der Waals surface area contributed by atoms with Crippen LogP contribution in [0.25, 0.3) is 0 Å². The minimum atomic E-state index is -0.296. The first-order valence-corrected chi connectivity index (χ1v) is 4.28. The lowest BCUT2D eigenvalue weighted by atomic mass is 10.1. The third kappa shape index (κ3) is 3.57. The smallest absolute Gasteiger partial charge is 0.302 e. The fraction of sp³-hybridized carbons (Fsp3) is 0.667. The monoisotopic (exact) mass is 186 g/mol. The number of hydrogen-bond acceptors (Lipinski definition) is 4. The van der Waals surface area contributed by atoms with Gasteiger partial charge in [-0.1, -0.05) is 6.08 Å². The molecule has 1 saturated heterocycles. The van der Waals surface area contributed by atoms with Gasteiger partial charge < -0.3 is 4.74 Å². The van der Waals surface area contributed by atoms with Gasteiger partial charge in [0.2, 0.25) is 0 Å². The molecule has 0 spiro atoms. The summed E-state index contributed by atoms with van der Waals surface area (Å²) in [6, 6.07) is 0. The van der Waals surface area contributed by atoms with E-state index in [4.69, 9.17) is 14.5 Å². The molecule has 4 heteroatoms. The Morgan fingerprint density at radius 2 is 2.31 bits per heavy atom. The molecule has 1 aliphatic rings. The van der Waals surface area contributed by atoms with E-state index in [1.54, 1.807) is 6.08 Å². The summed E-state index contributed by atoms with van der Waals surface area (Å²) in [5.74, 6) is -0.296. The van der Waals surface area contributed by atoms with E-state index in [0.717, 1.165) is 12.8 Å². The maximum Gasteiger partial charge on any atom is 0.302 e. The molecule has 0 aromatic carbocycles. The molecule has 1 rings (SSSR count). The van der Waals surface area contributed by atoms with Crippen molar-refractivity contribution in [3.05, 3.63) is 12.7 Å². The highest BCUT2D eigenvalue weighted by atomic mass is 17.2. The molecule has 4 nitrogen and oxygen atoms in total. The lowest BCUT2D eigenvalue weighted by Gasteiger charge is -2.05. The number of hydrogen-bond donors (Lipinski definition) is 0. The number of carbonyl (C=O) groups excluding carboxylic acids is 1. The van der Waals surface area contributed by atoms with Crippen LogP contribution in [-0.4, -0.2) is 24.8 Å². The zero-order chi connectivity index (χ0) is 9.68. The molecule has 0 radical (unpaired) electrons. The zero-order valence-electron chi connectivity index (χ0n) is 7.69. The molecule has 0 bridgehead atoms. The van der Waals surface area contributed by atoms with E-state index in [2.05, 4.69) is 6.58 Å². The van der Waals surface area contributed by atoms with Crippen LogP contribution in [0.3, 0.4) is 0 Å². The van der Waals surface area contributed by atoms with E-state index in [0.29, 0.717) is 0 Å². The molecule has 1 heterocycles. The van der Waals surface area contributed by atoms with E-state index in [-0.39, 0.29) is 24.8 Å². The van der Waals surface area contributed by atoms with E-state index >= 15 is 0 Å². The predicted molar refractivity (Wildman–Crippen MR) is 45.8 cm³/mol. The standard InChI is InChI=1S/C9H14O4/c1-3-4-8-5-9(13-12-8)6-11-7(2)10/h3,8-9H,1,4-6H2,2H3. The van der Waals surface area contributed by atoms with E-state index in [1.807, 2.05) is 0 Å². The highest BCUT2D eigenvalue weighted by molar-refractivity contribution is 5.65. The fourth-order valence-electron chi connectivity index (χ4n) is 1.16. The van der Waals surface area contributed by atoms with Crippen molar-refractivity contribution in [3.8, 4) is 0 Å². The Bertz CT molecular complexity index is 190. The number of rotatable bonds is 4. The van der Waals surface area contributed by atoms with Crippen LogP contribution >= 0.6 is 0 Å². The Balaban J connectivity index is 2.17. The zero-order valence-corrected chi connectivity index (χ0v) is 7.69. The highest BCUT2D eigenvalue weighted by Gasteiger charge is 2.27. The molecular weight excluding hydrogens is 172 g/mol. The minimum absolute atomic E-state index is 0.0538. The van der Waals surface area contributed by atoms with E-state index in [9.17, 15) is 4.79 Å². The molecule has 0 aromatic heterocycles. The van der Waals surface area contributed by atoms with E-state index in [1.165, 1.54) is 6.92 Å². The van der Waals surface area contributed by atoms with E-state index < -0.39 is 0 Å². The summed E-state index contributed by atoms with van der Waals surface area (Å²) >= 11 is 0. The minimum Gasteiger partial charge on any atom is -0.463 e. The summed E-state index contributed by atoms with van der Waals surface area (Å²) in [6.07, 6.45) is 3.21. The molecule has 2 unspecified atom stereocenters. The Kier molecular flexibility index (Phi) is 3.92. The lowest BCUT2D eigenvalue weighted by Crippen LogP contribution is -2.16. The first-order valence-electron chi connectivity index (χ1n) is 4.28.